The molecule has 0 fully saturated rings. The molecule has 0 bridgehead atoms. The number of rotatable bonds is 4. The normalized spacial score (nSPS) is 11.2. The topological polar surface area (TPSA) is 56.5 Å². The van der Waals surface area contributed by atoms with Gasteiger partial charge >= 0.3 is 5.97 Å². The van der Waals surface area contributed by atoms with E-state index in [1.807, 2.05) is 0 Å². The van der Waals surface area contributed by atoms with E-state index < -0.39 is 11.4 Å². The minimum atomic E-state index is -0.759. The quantitative estimate of drug-likeness (QED) is 0.224. The fourth-order valence-electron chi connectivity index (χ4n) is 3.09. The smallest absolute Gasteiger partial charge is 0.336 e. The Morgan fingerprint density at radius 1 is 0.969 bits per heavy atom. The van der Waals surface area contributed by atoms with Crippen LogP contribution in [0.2, 0.25) is 15.1 Å². The van der Waals surface area contributed by atoms with Gasteiger partial charge in [0.2, 0.25) is 11.2 Å². The third-order valence-corrected chi connectivity index (χ3v) is 5.75. The van der Waals surface area contributed by atoms with Crippen molar-refractivity contribution >= 4 is 57.8 Å². The van der Waals surface area contributed by atoms with Crippen molar-refractivity contribution in [2.45, 2.75) is 6.92 Å². The predicted molar refractivity (Wildman–Crippen MR) is 129 cm³/mol. The fraction of sp³-hybridized carbons (Fsp3) is 0.0400. The highest BCUT2D eigenvalue weighted by Gasteiger charge is 2.20. The van der Waals surface area contributed by atoms with Gasteiger partial charge in [-0.1, -0.05) is 53.0 Å². The van der Waals surface area contributed by atoms with Crippen LogP contribution in [0.15, 0.2) is 76.0 Å². The third-order valence-electron chi connectivity index (χ3n) is 4.74. The molecule has 4 nitrogen and oxygen atoms in total. The van der Waals surface area contributed by atoms with Crippen molar-refractivity contribution in [1.82, 2.24) is 0 Å². The van der Waals surface area contributed by atoms with Gasteiger partial charge in [-0.2, -0.15) is 0 Å². The maximum atomic E-state index is 13.2. The maximum absolute atomic E-state index is 13.2. The van der Waals surface area contributed by atoms with Crippen molar-refractivity contribution in [1.29, 1.82) is 0 Å². The number of hydrogen-bond acceptors (Lipinski definition) is 4. The first kappa shape index (κ1) is 22.2. The molecule has 0 spiro atoms. The van der Waals surface area contributed by atoms with Crippen molar-refractivity contribution in [2.75, 3.05) is 0 Å². The van der Waals surface area contributed by atoms with Crippen LogP contribution in [0.1, 0.15) is 11.1 Å². The minimum Gasteiger partial charge on any atom is -0.452 e. The number of halogens is 3. The average Bonchev–Trinajstić information content (AvgIpc) is 2.77. The van der Waals surface area contributed by atoms with Gasteiger partial charge in [0.1, 0.15) is 5.58 Å². The molecule has 0 unspecified atom stereocenters. The summed E-state index contributed by atoms with van der Waals surface area (Å²) in [6.07, 6.45) is 2.70. The molecule has 4 rings (SSSR count). The maximum Gasteiger partial charge on any atom is 0.336 e. The molecule has 0 atom stereocenters. The fourth-order valence-corrected chi connectivity index (χ4v) is 3.57. The van der Waals surface area contributed by atoms with Crippen LogP contribution < -0.4 is 10.2 Å². The summed E-state index contributed by atoms with van der Waals surface area (Å²) in [5.41, 5.74) is 1.72. The summed E-state index contributed by atoms with van der Waals surface area (Å²) in [6, 6.07) is 16.8. The number of ether oxygens (including phenoxy) is 1. The summed E-state index contributed by atoms with van der Waals surface area (Å²) in [6.45, 7) is 1.80. The molecule has 1 heterocycles. The van der Waals surface area contributed by atoms with Crippen LogP contribution in [0.25, 0.3) is 28.4 Å². The second kappa shape index (κ2) is 9.21. The first-order chi connectivity index (χ1) is 15.3. The number of hydrogen-bond donors (Lipinski definition) is 0. The van der Waals surface area contributed by atoms with Crippen LogP contribution >= 0.6 is 34.8 Å². The van der Waals surface area contributed by atoms with Crippen molar-refractivity contribution in [2.24, 2.45) is 0 Å². The second-order valence-corrected chi connectivity index (χ2v) is 8.22. The molecule has 160 valence electrons. The number of carbonyl (C=O) groups is 1. The Balaban J connectivity index is 1.82. The average molecular weight is 486 g/mol. The number of carbonyl (C=O) groups excluding carboxylic acids is 1. The summed E-state index contributed by atoms with van der Waals surface area (Å²) < 4.78 is 11.4. The molecular weight excluding hydrogens is 471 g/mol. The Kier molecular flexibility index (Phi) is 6.38. The lowest BCUT2D eigenvalue weighted by molar-refractivity contribution is -0.129. The lowest BCUT2D eigenvalue weighted by Crippen LogP contribution is -2.14. The van der Waals surface area contributed by atoms with E-state index in [-0.39, 0.29) is 16.9 Å². The van der Waals surface area contributed by atoms with E-state index in [0.717, 1.165) is 5.56 Å². The Hall–Kier alpha value is -3.05. The Labute approximate surface area is 198 Å². The minimum absolute atomic E-state index is 0.111. The first-order valence-electron chi connectivity index (χ1n) is 9.51. The van der Waals surface area contributed by atoms with Crippen LogP contribution in [0.5, 0.6) is 5.75 Å². The number of aryl methyl sites for hydroxylation is 1. The van der Waals surface area contributed by atoms with Gasteiger partial charge in [0, 0.05) is 26.7 Å². The van der Waals surface area contributed by atoms with Gasteiger partial charge < -0.3 is 9.15 Å². The van der Waals surface area contributed by atoms with Crippen LogP contribution in [0.4, 0.5) is 0 Å². The van der Waals surface area contributed by atoms with E-state index in [4.69, 9.17) is 44.0 Å². The SMILES string of the molecule is Cc1cc2oc(-c3ccc(Cl)cc3)c(OC(=O)/C=C/c3ccccc3Cl)c(=O)c2cc1Cl. The highest BCUT2D eigenvalue weighted by Crippen LogP contribution is 2.33. The number of benzene rings is 3. The molecular formula is C25H15Cl3O4. The van der Waals surface area contributed by atoms with E-state index in [1.165, 1.54) is 18.2 Å². The summed E-state index contributed by atoms with van der Waals surface area (Å²) in [7, 11) is 0. The van der Waals surface area contributed by atoms with Crippen LogP contribution in [0, 0.1) is 6.92 Å². The molecule has 0 saturated carbocycles. The summed E-state index contributed by atoms with van der Waals surface area (Å²) in [5.74, 6) is -0.890. The summed E-state index contributed by atoms with van der Waals surface area (Å²) in [5, 5.41) is 1.60. The van der Waals surface area contributed by atoms with E-state index in [9.17, 15) is 9.59 Å². The predicted octanol–water partition coefficient (Wildman–Crippen LogP) is 7.35. The number of esters is 1. The Morgan fingerprint density at radius 2 is 1.69 bits per heavy atom. The van der Waals surface area contributed by atoms with Crippen LogP contribution in [-0.2, 0) is 4.79 Å². The highest BCUT2D eigenvalue weighted by molar-refractivity contribution is 6.32. The highest BCUT2D eigenvalue weighted by atomic mass is 35.5. The molecule has 0 saturated heterocycles. The van der Waals surface area contributed by atoms with Gasteiger partial charge in [0.15, 0.2) is 5.76 Å². The Bertz CT molecular complexity index is 1420. The number of fused-ring (bicyclic) bond motifs is 1. The van der Waals surface area contributed by atoms with E-state index in [2.05, 4.69) is 0 Å². The molecule has 0 radical (unpaired) electrons. The van der Waals surface area contributed by atoms with E-state index in [1.54, 1.807) is 61.5 Å². The van der Waals surface area contributed by atoms with Crippen molar-refractivity contribution in [3.63, 3.8) is 0 Å². The Morgan fingerprint density at radius 3 is 2.41 bits per heavy atom. The molecule has 0 aliphatic rings. The van der Waals surface area contributed by atoms with Crippen LogP contribution in [0.3, 0.4) is 0 Å². The van der Waals surface area contributed by atoms with E-state index >= 15 is 0 Å². The van der Waals surface area contributed by atoms with Crippen molar-refractivity contribution in [3.8, 4) is 17.1 Å². The van der Waals surface area contributed by atoms with Gasteiger partial charge in [-0.3, -0.25) is 4.79 Å². The lowest BCUT2D eigenvalue weighted by Gasteiger charge is -2.11. The lowest BCUT2D eigenvalue weighted by atomic mass is 10.1. The zero-order valence-electron chi connectivity index (χ0n) is 16.7. The van der Waals surface area contributed by atoms with Crippen LogP contribution in [-0.4, -0.2) is 5.97 Å². The second-order valence-electron chi connectivity index (χ2n) is 6.97. The zero-order chi connectivity index (χ0) is 22.8. The van der Waals surface area contributed by atoms with Crippen molar-refractivity contribution < 1.29 is 13.9 Å². The van der Waals surface area contributed by atoms with Gasteiger partial charge in [0.05, 0.1) is 5.39 Å². The zero-order valence-corrected chi connectivity index (χ0v) is 19.0. The molecule has 32 heavy (non-hydrogen) atoms. The molecule has 0 N–H and O–H groups in total. The molecule has 3 aromatic carbocycles. The van der Waals surface area contributed by atoms with Gasteiger partial charge in [-0.05, 0) is 66.6 Å². The van der Waals surface area contributed by atoms with Gasteiger partial charge in [0.25, 0.3) is 0 Å². The van der Waals surface area contributed by atoms with Crippen molar-refractivity contribution in [3.05, 3.63) is 103 Å². The summed E-state index contributed by atoms with van der Waals surface area (Å²) >= 11 is 18.3. The standard InChI is InChI=1S/C25H15Cl3O4/c1-14-12-21-18(13-20(14)28)23(30)25(24(31-21)16-6-9-17(26)10-7-16)32-22(29)11-8-15-4-2-3-5-19(15)27/h2-13H,1H3/b11-8+. The van der Waals surface area contributed by atoms with Gasteiger partial charge in [-0.25, -0.2) is 4.79 Å². The summed E-state index contributed by atoms with van der Waals surface area (Å²) in [4.78, 5) is 25.8. The molecule has 0 amide bonds. The monoisotopic (exact) mass is 484 g/mol. The first-order valence-corrected chi connectivity index (χ1v) is 10.6. The third kappa shape index (κ3) is 4.58. The molecule has 7 heteroatoms. The van der Waals surface area contributed by atoms with E-state index in [0.29, 0.717) is 31.8 Å². The van der Waals surface area contributed by atoms with Gasteiger partial charge in [-0.15, -0.1) is 0 Å². The molecule has 0 aliphatic heterocycles. The molecule has 4 aromatic rings. The molecule has 0 aliphatic carbocycles. The largest absolute Gasteiger partial charge is 0.452 e. The molecule has 1 aromatic heterocycles.